The van der Waals surface area contributed by atoms with Crippen LogP contribution in [0.3, 0.4) is 0 Å². The molecule has 0 saturated heterocycles. The largest absolute Gasteiger partial charge is 0.326 e. The SMILES string of the molecule is CC(C)Cc1ccc(C#N)c(SCCC(=O)Nc2ccccc2)n1. The van der Waals surface area contributed by atoms with E-state index in [1.807, 2.05) is 42.5 Å². The number of rotatable bonds is 7. The predicted molar refractivity (Wildman–Crippen MR) is 97.9 cm³/mol. The maximum Gasteiger partial charge on any atom is 0.225 e. The Balaban J connectivity index is 1.91. The number of carbonyl (C=O) groups excluding carboxylic acids is 1. The summed E-state index contributed by atoms with van der Waals surface area (Å²) in [6.07, 6.45) is 1.26. The normalized spacial score (nSPS) is 10.4. The summed E-state index contributed by atoms with van der Waals surface area (Å²) in [4.78, 5) is 16.5. The summed E-state index contributed by atoms with van der Waals surface area (Å²) in [7, 11) is 0. The summed E-state index contributed by atoms with van der Waals surface area (Å²) >= 11 is 1.46. The number of amides is 1. The zero-order valence-electron chi connectivity index (χ0n) is 14.0. The maximum atomic E-state index is 12.0. The minimum absolute atomic E-state index is 0.0365. The van der Waals surface area contributed by atoms with E-state index in [1.165, 1.54) is 11.8 Å². The number of nitriles is 1. The van der Waals surface area contributed by atoms with Crippen LogP contribution in [0.25, 0.3) is 0 Å². The highest BCUT2D eigenvalue weighted by molar-refractivity contribution is 7.99. The summed E-state index contributed by atoms with van der Waals surface area (Å²) < 4.78 is 0. The van der Waals surface area contributed by atoms with Gasteiger partial charge in [0, 0.05) is 23.6 Å². The van der Waals surface area contributed by atoms with Crippen LogP contribution in [0.4, 0.5) is 5.69 Å². The van der Waals surface area contributed by atoms with Crippen LogP contribution in [-0.4, -0.2) is 16.6 Å². The van der Waals surface area contributed by atoms with Gasteiger partial charge in [0.25, 0.3) is 0 Å². The minimum atomic E-state index is -0.0365. The third kappa shape index (κ3) is 5.71. The standard InChI is InChI=1S/C19H21N3OS/c1-14(2)12-17-9-8-15(13-20)19(22-17)24-11-10-18(23)21-16-6-4-3-5-7-16/h3-9,14H,10-12H2,1-2H3,(H,21,23). The Bertz CT molecular complexity index is 723. The average Bonchev–Trinajstić information content (AvgIpc) is 2.55. The number of anilines is 1. The fourth-order valence-corrected chi connectivity index (χ4v) is 3.12. The lowest BCUT2D eigenvalue weighted by molar-refractivity contribution is -0.115. The zero-order chi connectivity index (χ0) is 17.4. The van der Waals surface area contributed by atoms with E-state index in [4.69, 9.17) is 0 Å². The number of pyridine rings is 1. The summed E-state index contributed by atoms with van der Waals surface area (Å²) in [6.45, 7) is 4.28. The van der Waals surface area contributed by atoms with Gasteiger partial charge in [0.05, 0.1) is 5.56 Å². The van der Waals surface area contributed by atoms with Gasteiger partial charge in [0.2, 0.25) is 5.91 Å². The fourth-order valence-electron chi connectivity index (χ4n) is 2.19. The van der Waals surface area contributed by atoms with Crippen LogP contribution < -0.4 is 5.32 Å². The fraction of sp³-hybridized carbons (Fsp3) is 0.316. The van der Waals surface area contributed by atoms with E-state index in [-0.39, 0.29) is 5.91 Å². The molecule has 0 bridgehead atoms. The van der Waals surface area contributed by atoms with E-state index in [1.54, 1.807) is 0 Å². The Morgan fingerprint density at radius 2 is 2.00 bits per heavy atom. The minimum Gasteiger partial charge on any atom is -0.326 e. The molecule has 1 aromatic heterocycles. The first-order chi connectivity index (χ1) is 11.6. The van der Waals surface area contributed by atoms with Crippen molar-refractivity contribution >= 4 is 23.4 Å². The number of hydrogen-bond donors (Lipinski definition) is 1. The highest BCUT2D eigenvalue weighted by atomic mass is 32.2. The second-order valence-electron chi connectivity index (χ2n) is 5.88. The van der Waals surface area contributed by atoms with E-state index in [9.17, 15) is 10.1 Å². The zero-order valence-corrected chi connectivity index (χ0v) is 14.8. The lowest BCUT2D eigenvalue weighted by Crippen LogP contribution is -2.12. The molecule has 0 aliphatic heterocycles. The number of benzene rings is 1. The van der Waals surface area contributed by atoms with Gasteiger partial charge in [0.1, 0.15) is 11.1 Å². The van der Waals surface area contributed by atoms with E-state index < -0.39 is 0 Å². The van der Waals surface area contributed by atoms with Crippen molar-refractivity contribution in [2.45, 2.75) is 31.7 Å². The Morgan fingerprint density at radius 1 is 1.25 bits per heavy atom. The third-order valence-electron chi connectivity index (χ3n) is 3.28. The number of thioether (sulfide) groups is 1. The Labute approximate surface area is 147 Å². The molecule has 0 saturated carbocycles. The molecule has 0 spiro atoms. The molecule has 2 aromatic rings. The van der Waals surface area contributed by atoms with Crippen LogP contribution in [0, 0.1) is 17.2 Å². The first-order valence-electron chi connectivity index (χ1n) is 7.96. The number of hydrogen-bond acceptors (Lipinski definition) is 4. The molecule has 5 heteroatoms. The molecule has 1 amide bonds. The van der Waals surface area contributed by atoms with Gasteiger partial charge in [0.15, 0.2) is 0 Å². The molecule has 0 fully saturated rings. The van der Waals surface area contributed by atoms with Crippen LogP contribution in [0.5, 0.6) is 0 Å². The molecule has 1 aromatic carbocycles. The lowest BCUT2D eigenvalue weighted by atomic mass is 10.1. The van der Waals surface area contributed by atoms with Gasteiger partial charge >= 0.3 is 0 Å². The summed E-state index contributed by atoms with van der Waals surface area (Å²) in [5.74, 6) is 1.07. The van der Waals surface area contributed by atoms with Gasteiger partial charge in [-0.1, -0.05) is 32.0 Å². The van der Waals surface area contributed by atoms with Crippen LogP contribution in [0.1, 0.15) is 31.5 Å². The summed E-state index contributed by atoms with van der Waals surface area (Å²) in [6, 6.07) is 15.3. The van der Waals surface area contributed by atoms with Gasteiger partial charge in [-0.15, -0.1) is 11.8 Å². The molecule has 0 aliphatic carbocycles. The van der Waals surface area contributed by atoms with Gasteiger partial charge in [-0.3, -0.25) is 4.79 Å². The lowest BCUT2D eigenvalue weighted by Gasteiger charge is -2.08. The van der Waals surface area contributed by atoms with Crippen LogP contribution in [0.15, 0.2) is 47.5 Å². The first-order valence-corrected chi connectivity index (χ1v) is 8.94. The van der Waals surface area contributed by atoms with Gasteiger partial charge in [-0.2, -0.15) is 5.26 Å². The second-order valence-corrected chi connectivity index (χ2v) is 6.96. The molecule has 1 heterocycles. The number of nitrogens with zero attached hydrogens (tertiary/aromatic N) is 2. The van der Waals surface area contributed by atoms with Crippen molar-refractivity contribution in [1.82, 2.24) is 4.98 Å². The maximum absolute atomic E-state index is 12.0. The van der Waals surface area contributed by atoms with Crippen molar-refractivity contribution in [1.29, 1.82) is 5.26 Å². The van der Waals surface area contributed by atoms with Crippen molar-refractivity contribution in [2.75, 3.05) is 11.1 Å². The van der Waals surface area contributed by atoms with Gasteiger partial charge < -0.3 is 5.32 Å². The highest BCUT2D eigenvalue weighted by Gasteiger charge is 2.09. The van der Waals surface area contributed by atoms with Crippen LogP contribution in [0.2, 0.25) is 0 Å². The van der Waals surface area contributed by atoms with Crippen molar-refractivity contribution in [3.05, 3.63) is 53.7 Å². The summed E-state index contributed by atoms with van der Waals surface area (Å²) in [5.41, 5.74) is 2.35. The monoisotopic (exact) mass is 339 g/mol. The topological polar surface area (TPSA) is 65.8 Å². The summed E-state index contributed by atoms with van der Waals surface area (Å²) in [5, 5.41) is 12.8. The van der Waals surface area contributed by atoms with Crippen LogP contribution in [-0.2, 0) is 11.2 Å². The number of nitrogens with one attached hydrogen (secondary N) is 1. The molecule has 24 heavy (non-hydrogen) atoms. The van der Waals surface area contributed by atoms with E-state index in [0.717, 1.165) is 17.8 Å². The third-order valence-corrected chi connectivity index (χ3v) is 4.27. The van der Waals surface area contributed by atoms with Crippen molar-refractivity contribution in [2.24, 2.45) is 5.92 Å². The first kappa shape index (κ1) is 18.0. The van der Waals surface area contributed by atoms with Crippen molar-refractivity contribution in [3.63, 3.8) is 0 Å². The smallest absolute Gasteiger partial charge is 0.225 e. The Hall–Kier alpha value is -2.32. The van der Waals surface area contributed by atoms with Gasteiger partial charge in [-0.05, 0) is 36.6 Å². The van der Waals surface area contributed by atoms with Crippen LogP contribution >= 0.6 is 11.8 Å². The quantitative estimate of drug-likeness (QED) is 0.765. The molecule has 1 N–H and O–H groups in total. The predicted octanol–water partition coefficient (Wildman–Crippen LogP) is 4.27. The second kappa shape index (κ2) is 9.09. The Kier molecular flexibility index (Phi) is 6.83. The van der Waals surface area contributed by atoms with Crippen molar-refractivity contribution in [3.8, 4) is 6.07 Å². The number of aromatic nitrogens is 1. The van der Waals surface area contributed by atoms with Gasteiger partial charge in [-0.25, -0.2) is 4.98 Å². The molecular weight excluding hydrogens is 318 g/mol. The number of carbonyl (C=O) groups is 1. The van der Waals surface area contributed by atoms with E-state index in [2.05, 4.69) is 30.2 Å². The van der Waals surface area contributed by atoms with E-state index in [0.29, 0.717) is 28.7 Å². The molecular formula is C19H21N3OS. The molecule has 0 unspecified atom stereocenters. The van der Waals surface area contributed by atoms with E-state index >= 15 is 0 Å². The molecule has 4 nitrogen and oxygen atoms in total. The molecule has 2 rings (SSSR count). The van der Waals surface area contributed by atoms with Crippen molar-refractivity contribution < 1.29 is 4.79 Å². The Morgan fingerprint density at radius 3 is 2.67 bits per heavy atom. The average molecular weight is 339 g/mol. The number of para-hydroxylation sites is 1. The molecule has 0 atom stereocenters. The molecule has 0 aliphatic rings. The highest BCUT2D eigenvalue weighted by Crippen LogP contribution is 2.22. The molecule has 0 radical (unpaired) electrons. The molecule has 124 valence electrons.